The third-order valence-corrected chi connectivity index (χ3v) is 3.75. The Labute approximate surface area is 103 Å². The molecule has 0 aliphatic heterocycles. The quantitative estimate of drug-likeness (QED) is 0.531. The summed E-state index contributed by atoms with van der Waals surface area (Å²) in [5.41, 5.74) is 0.591. The van der Waals surface area contributed by atoms with Gasteiger partial charge in [0.25, 0.3) is 0 Å². The lowest BCUT2D eigenvalue weighted by atomic mass is 9.78. The summed E-state index contributed by atoms with van der Waals surface area (Å²) in [5, 5.41) is 3.51. The topological polar surface area (TPSA) is 12.0 Å². The zero-order chi connectivity index (χ0) is 12.4. The third-order valence-electron chi connectivity index (χ3n) is 3.75. The van der Waals surface area contributed by atoms with Crippen LogP contribution in [0.25, 0.3) is 0 Å². The predicted octanol–water partition coefficient (Wildman–Crippen LogP) is 4.76. The second kappa shape index (κ2) is 9.04. The van der Waals surface area contributed by atoms with E-state index in [-0.39, 0.29) is 0 Å². The summed E-state index contributed by atoms with van der Waals surface area (Å²) in [6, 6.07) is 0.632. The third kappa shape index (κ3) is 8.15. The van der Waals surface area contributed by atoms with E-state index in [4.69, 9.17) is 0 Å². The monoisotopic (exact) mass is 227 g/mol. The number of unbranched alkanes of at least 4 members (excludes halogenated alkanes) is 2. The van der Waals surface area contributed by atoms with E-state index < -0.39 is 0 Å². The molecule has 0 radical (unpaired) electrons. The van der Waals surface area contributed by atoms with Crippen molar-refractivity contribution in [3.8, 4) is 0 Å². The highest BCUT2D eigenvalue weighted by atomic mass is 14.9. The van der Waals surface area contributed by atoms with Crippen LogP contribution in [0.1, 0.15) is 79.6 Å². The minimum Gasteiger partial charge on any atom is -0.315 e. The van der Waals surface area contributed by atoms with Crippen molar-refractivity contribution < 1.29 is 0 Å². The zero-order valence-electron chi connectivity index (χ0n) is 12.2. The molecular weight excluding hydrogens is 194 g/mol. The molecule has 1 nitrogen and oxygen atoms in total. The van der Waals surface area contributed by atoms with Crippen molar-refractivity contribution in [2.75, 3.05) is 6.54 Å². The molecule has 0 spiro atoms. The number of hydrogen-bond donors (Lipinski definition) is 1. The second-order valence-electron chi connectivity index (χ2n) is 5.83. The van der Waals surface area contributed by atoms with Crippen LogP contribution in [0.5, 0.6) is 0 Å². The van der Waals surface area contributed by atoms with Gasteiger partial charge in [0, 0.05) is 6.04 Å². The van der Waals surface area contributed by atoms with Crippen LogP contribution < -0.4 is 5.32 Å². The minimum atomic E-state index is 0.591. The Bertz CT molecular complexity index is 154. The summed E-state index contributed by atoms with van der Waals surface area (Å²) < 4.78 is 0. The fourth-order valence-electron chi connectivity index (χ4n) is 2.19. The van der Waals surface area contributed by atoms with E-state index in [1.165, 1.54) is 51.5 Å². The van der Waals surface area contributed by atoms with Gasteiger partial charge in [-0.3, -0.25) is 0 Å². The molecule has 1 heteroatoms. The molecule has 1 unspecified atom stereocenters. The molecule has 1 atom stereocenters. The smallest absolute Gasteiger partial charge is 0.00103 e. The first-order chi connectivity index (χ1) is 7.54. The zero-order valence-corrected chi connectivity index (χ0v) is 12.2. The molecule has 16 heavy (non-hydrogen) atoms. The van der Waals surface area contributed by atoms with Crippen LogP contribution in [0.3, 0.4) is 0 Å². The SMILES string of the molecule is CCCCCC(C)(CC)CCCNC(C)C. The molecule has 0 aromatic heterocycles. The summed E-state index contributed by atoms with van der Waals surface area (Å²) >= 11 is 0. The molecule has 0 bridgehead atoms. The summed E-state index contributed by atoms with van der Waals surface area (Å²) in [6.07, 6.45) is 9.62. The number of hydrogen-bond acceptors (Lipinski definition) is 1. The first-order valence-electron chi connectivity index (χ1n) is 7.27. The van der Waals surface area contributed by atoms with E-state index in [0.717, 1.165) is 0 Å². The Balaban J connectivity index is 3.69. The molecule has 0 aromatic carbocycles. The van der Waals surface area contributed by atoms with E-state index in [1.54, 1.807) is 0 Å². The van der Waals surface area contributed by atoms with Gasteiger partial charge in [-0.25, -0.2) is 0 Å². The van der Waals surface area contributed by atoms with Gasteiger partial charge in [-0.1, -0.05) is 60.3 Å². The highest BCUT2D eigenvalue weighted by Crippen LogP contribution is 2.33. The first kappa shape index (κ1) is 16.0. The van der Waals surface area contributed by atoms with Crippen LogP contribution >= 0.6 is 0 Å². The first-order valence-corrected chi connectivity index (χ1v) is 7.27. The Morgan fingerprint density at radius 2 is 1.62 bits per heavy atom. The maximum absolute atomic E-state index is 3.51. The summed E-state index contributed by atoms with van der Waals surface area (Å²) in [4.78, 5) is 0. The van der Waals surface area contributed by atoms with E-state index in [2.05, 4.69) is 39.9 Å². The molecule has 1 N–H and O–H groups in total. The standard InChI is InChI=1S/C15H33N/c1-6-8-9-11-15(5,7-2)12-10-13-16-14(3)4/h14,16H,6-13H2,1-5H3. The molecule has 0 amide bonds. The van der Waals surface area contributed by atoms with E-state index in [1.807, 2.05) is 0 Å². The summed E-state index contributed by atoms with van der Waals surface area (Å²) in [6.45, 7) is 12.7. The fourth-order valence-corrected chi connectivity index (χ4v) is 2.19. The minimum absolute atomic E-state index is 0.591. The van der Waals surface area contributed by atoms with Crippen molar-refractivity contribution in [1.29, 1.82) is 0 Å². The van der Waals surface area contributed by atoms with Gasteiger partial charge in [-0.05, 0) is 31.2 Å². The number of nitrogens with one attached hydrogen (secondary N) is 1. The molecule has 0 saturated heterocycles. The lowest BCUT2D eigenvalue weighted by molar-refractivity contribution is 0.243. The molecule has 0 rings (SSSR count). The molecule has 0 aliphatic rings. The highest BCUT2D eigenvalue weighted by molar-refractivity contribution is 4.73. The van der Waals surface area contributed by atoms with Gasteiger partial charge < -0.3 is 5.32 Å². The van der Waals surface area contributed by atoms with Gasteiger partial charge in [0.15, 0.2) is 0 Å². The number of rotatable bonds is 10. The van der Waals surface area contributed by atoms with Crippen molar-refractivity contribution in [2.24, 2.45) is 5.41 Å². The Morgan fingerprint density at radius 3 is 2.12 bits per heavy atom. The fraction of sp³-hybridized carbons (Fsp3) is 1.00. The second-order valence-corrected chi connectivity index (χ2v) is 5.83. The maximum atomic E-state index is 3.51. The van der Waals surface area contributed by atoms with Gasteiger partial charge in [-0.15, -0.1) is 0 Å². The average molecular weight is 227 g/mol. The molecule has 0 saturated carbocycles. The Morgan fingerprint density at radius 1 is 1.00 bits per heavy atom. The lowest BCUT2D eigenvalue weighted by Gasteiger charge is -2.28. The van der Waals surface area contributed by atoms with Gasteiger partial charge in [0.2, 0.25) is 0 Å². The molecule has 0 aliphatic carbocycles. The molecule has 0 fully saturated rings. The Hall–Kier alpha value is -0.0400. The lowest BCUT2D eigenvalue weighted by Crippen LogP contribution is -2.25. The van der Waals surface area contributed by atoms with Crippen LogP contribution in [-0.4, -0.2) is 12.6 Å². The van der Waals surface area contributed by atoms with Gasteiger partial charge >= 0.3 is 0 Å². The molecular formula is C15H33N. The van der Waals surface area contributed by atoms with Crippen LogP contribution in [-0.2, 0) is 0 Å². The van der Waals surface area contributed by atoms with Crippen molar-refractivity contribution in [1.82, 2.24) is 5.32 Å². The van der Waals surface area contributed by atoms with Gasteiger partial charge in [-0.2, -0.15) is 0 Å². The van der Waals surface area contributed by atoms with Gasteiger partial charge in [0.1, 0.15) is 0 Å². The highest BCUT2D eigenvalue weighted by Gasteiger charge is 2.20. The predicted molar refractivity (Wildman–Crippen MR) is 74.9 cm³/mol. The molecule has 0 aromatic rings. The largest absolute Gasteiger partial charge is 0.315 e. The van der Waals surface area contributed by atoms with Crippen LogP contribution in [0, 0.1) is 5.41 Å². The van der Waals surface area contributed by atoms with Crippen molar-refractivity contribution >= 4 is 0 Å². The van der Waals surface area contributed by atoms with Crippen LogP contribution in [0.4, 0.5) is 0 Å². The molecule has 98 valence electrons. The van der Waals surface area contributed by atoms with Crippen molar-refractivity contribution in [2.45, 2.75) is 85.6 Å². The van der Waals surface area contributed by atoms with Crippen LogP contribution in [0.2, 0.25) is 0 Å². The average Bonchev–Trinajstić information content (AvgIpc) is 2.25. The summed E-state index contributed by atoms with van der Waals surface area (Å²) in [5.74, 6) is 0. The maximum Gasteiger partial charge on any atom is 0.00103 e. The normalized spacial score (nSPS) is 15.4. The van der Waals surface area contributed by atoms with E-state index in [0.29, 0.717) is 11.5 Å². The Kier molecular flexibility index (Phi) is 9.02. The molecule has 0 heterocycles. The summed E-state index contributed by atoms with van der Waals surface area (Å²) in [7, 11) is 0. The van der Waals surface area contributed by atoms with Gasteiger partial charge in [0.05, 0.1) is 0 Å². The van der Waals surface area contributed by atoms with E-state index in [9.17, 15) is 0 Å². The van der Waals surface area contributed by atoms with Crippen LogP contribution in [0.15, 0.2) is 0 Å². The van der Waals surface area contributed by atoms with Crippen molar-refractivity contribution in [3.05, 3.63) is 0 Å². The van der Waals surface area contributed by atoms with Crippen molar-refractivity contribution in [3.63, 3.8) is 0 Å². The van der Waals surface area contributed by atoms with E-state index >= 15 is 0 Å².